The van der Waals surface area contributed by atoms with Gasteiger partial charge in [-0.05, 0) is 30.7 Å². The van der Waals surface area contributed by atoms with Crippen molar-refractivity contribution in [3.8, 4) is 0 Å². The van der Waals surface area contributed by atoms with Crippen LogP contribution in [0, 0.1) is 0 Å². The molecule has 2 aromatic rings. The van der Waals surface area contributed by atoms with Gasteiger partial charge in [0, 0.05) is 29.5 Å². The zero-order chi connectivity index (χ0) is 14.0. The fraction of sp³-hybridized carbons (Fsp3) is 0.231. The Morgan fingerprint density at radius 2 is 2.00 bits per heavy atom. The van der Waals surface area contributed by atoms with Gasteiger partial charge in [0.05, 0.1) is 6.54 Å². The van der Waals surface area contributed by atoms with Gasteiger partial charge in [0.15, 0.2) is 0 Å². The van der Waals surface area contributed by atoms with Crippen LogP contribution in [0.4, 0.5) is 5.69 Å². The Morgan fingerprint density at radius 1 is 1.26 bits per heavy atom. The quantitative estimate of drug-likeness (QED) is 0.862. The molecule has 0 fully saturated rings. The number of aryl methyl sites for hydroxylation is 1. The number of rotatable bonds is 3. The molecule has 0 aliphatic carbocycles. The van der Waals surface area contributed by atoms with Crippen LogP contribution in [0.15, 0.2) is 40.1 Å². The Morgan fingerprint density at radius 3 is 2.68 bits per heavy atom. The van der Waals surface area contributed by atoms with Gasteiger partial charge in [0.25, 0.3) is 5.56 Å². The zero-order valence-electron chi connectivity index (χ0n) is 10.5. The zero-order valence-corrected chi connectivity index (χ0v) is 11.2. The summed E-state index contributed by atoms with van der Waals surface area (Å²) in [4.78, 5) is 23.9. The third-order valence-corrected chi connectivity index (χ3v) is 3.15. The molecule has 19 heavy (non-hydrogen) atoms. The summed E-state index contributed by atoms with van der Waals surface area (Å²) in [5.74, 6) is 0. The molecule has 0 aliphatic heterocycles. The van der Waals surface area contributed by atoms with Gasteiger partial charge in [-0.25, -0.2) is 4.79 Å². The minimum Gasteiger partial charge on any atom is -0.398 e. The van der Waals surface area contributed by atoms with Crippen LogP contribution in [0.25, 0.3) is 0 Å². The first-order valence-corrected chi connectivity index (χ1v) is 6.25. The summed E-state index contributed by atoms with van der Waals surface area (Å²) >= 11 is 5.89. The molecule has 0 spiro atoms. The predicted molar refractivity (Wildman–Crippen MR) is 75.6 cm³/mol. The maximum Gasteiger partial charge on any atom is 0.331 e. The summed E-state index contributed by atoms with van der Waals surface area (Å²) in [6.07, 6.45) is 1.49. The predicted octanol–water partition coefficient (Wildman–Crippen LogP) is 1.31. The smallest absolute Gasteiger partial charge is 0.331 e. The van der Waals surface area contributed by atoms with E-state index in [9.17, 15) is 9.59 Å². The summed E-state index contributed by atoms with van der Waals surface area (Å²) in [6.45, 7) is 2.46. The van der Waals surface area contributed by atoms with Crippen molar-refractivity contribution in [1.82, 2.24) is 9.13 Å². The van der Waals surface area contributed by atoms with Gasteiger partial charge in [0.1, 0.15) is 0 Å². The van der Waals surface area contributed by atoms with Gasteiger partial charge in [0.2, 0.25) is 0 Å². The number of benzene rings is 1. The number of nitrogens with two attached hydrogens (primary N) is 1. The van der Waals surface area contributed by atoms with Crippen molar-refractivity contribution in [1.29, 1.82) is 0 Å². The molecular formula is C13H14ClN3O2. The average molecular weight is 280 g/mol. The van der Waals surface area contributed by atoms with Crippen molar-refractivity contribution in [2.75, 3.05) is 5.73 Å². The lowest BCUT2D eigenvalue weighted by Gasteiger charge is -2.10. The highest BCUT2D eigenvalue weighted by atomic mass is 35.5. The maximum absolute atomic E-state index is 12.1. The van der Waals surface area contributed by atoms with E-state index in [0.29, 0.717) is 22.8 Å². The van der Waals surface area contributed by atoms with Gasteiger partial charge in [-0.2, -0.15) is 0 Å². The van der Waals surface area contributed by atoms with Crippen molar-refractivity contribution < 1.29 is 0 Å². The van der Waals surface area contributed by atoms with Crippen molar-refractivity contribution >= 4 is 17.3 Å². The highest BCUT2D eigenvalue weighted by Gasteiger charge is 2.07. The molecule has 100 valence electrons. The Labute approximate surface area is 114 Å². The van der Waals surface area contributed by atoms with E-state index in [1.165, 1.54) is 16.8 Å². The second-order valence-corrected chi connectivity index (χ2v) is 4.59. The van der Waals surface area contributed by atoms with Crippen LogP contribution in [0.2, 0.25) is 5.02 Å². The molecular weight excluding hydrogens is 266 g/mol. The highest BCUT2D eigenvalue weighted by Crippen LogP contribution is 2.18. The number of halogens is 1. The molecule has 0 saturated heterocycles. The fourth-order valence-electron chi connectivity index (χ4n) is 1.82. The van der Waals surface area contributed by atoms with E-state index in [1.54, 1.807) is 18.2 Å². The standard InChI is InChI=1S/C13H14ClN3O2/c1-2-16-6-5-12(18)17(13(16)19)8-9-7-10(14)3-4-11(9)15/h3-7H,2,8,15H2,1H3. The second kappa shape index (κ2) is 5.32. The fourth-order valence-corrected chi connectivity index (χ4v) is 2.02. The van der Waals surface area contributed by atoms with E-state index in [4.69, 9.17) is 17.3 Å². The molecule has 2 N–H and O–H groups in total. The van der Waals surface area contributed by atoms with Crippen LogP contribution in [0.3, 0.4) is 0 Å². The molecule has 0 unspecified atom stereocenters. The van der Waals surface area contributed by atoms with E-state index in [2.05, 4.69) is 0 Å². The lowest BCUT2D eigenvalue weighted by molar-refractivity contribution is 0.600. The van der Waals surface area contributed by atoms with Crippen LogP contribution in [-0.4, -0.2) is 9.13 Å². The monoisotopic (exact) mass is 279 g/mol. The van der Waals surface area contributed by atoms with Crippen LogP contribution in [0.5, 0.6) is 0 Å². The van der Waals surface area contributed by atoms with Gasteiger partial charge < -0.3 is 10.3 Å². The third kappa shape index (κ3) is 2.71. The van der Waals surface area contributed by atoms with E-state index in [0.717, 1.165) is 4.57 Å². The third-order valence-electron chi connectivity index (χ3n) is 2.91. The van der Waals surface area contributed by atoms with Gasteiger partial charge in [-0.1, -0.05) is 11.6 Å². The minimum atomic E-state index is -0.353. The van der Waals surface area contributed by atoms with Crippen molar-refractivity contribution in [3.05, 3.63) is 61.9 Å². The largest absolute Gasteiger partial charge is 0.398 e. The van der Waals surface area contributed by atoms with Crippen molar-refractivity contribution in [3.63, 3.8) is 0 Å². The van der Waals surface area contributed by atoms with Crippen LogP contribution >= 0.6 is 11.6 Å². The van der Waals surface area contributed by atoms with Gasteiger partial charge in [-0.3, -0.25) is 9.36 Å². The number of anilines is 1. The summed E-state index contributed by atoms with van der Waals surface area (Å²) in [5.41, 5.74) is 6.28. The summed E-state index contributed by atoms with van der Waals surface area (Å²) in [6, 6.07) is 6.35. The van der Waals surface area contributed by atoms with E-state index in [-0.39, 0.29) is 17.8 Å². The van der Waals surface area contributed by atoms with Crippen LogP contribution in [0.1, 0.15) is 12.5 Å². The molecule has 0 bridgehead atoms. The second-order valence-electron chi connectivity index (χ2n) is 4.15. The van der Waals surface area contributed by atoms with E-state index >= 15 is 0 Å². The maximum atomic E-state index is 12.1. The minimum absolute atomic E-state index is 0.116. The first-order valence-electron chi connectivity index (χ1n) is 5.87. The average Bonchev–Trinajstić information content (AvgIpc) is 2.38. The molecule has 5 nitrogen and oxygen atoms in total. The molecule has 1 aromatic carbocycles. The molecule has 0 radical (unpaired) electrons. The first-order chi connectivity index (χ1) is 9.02. The Kier molecular flexibility index (Phi) is 3.76. The lowest BCUT2D eigenvalue weighted by Crippen LogP contribution is -2.39. The molecule has 0 aliphatic rings. The van der Waals surface area contributed by atoms with Crippen molar-refractivity contribution in [2.24, 2.45) is 0 Å². The van der Waals surface area contributed by atoms with E-state index in [1.807, 2.05) is 6.92 Å². The molecule has 0 amide bonds. The highest BCUT2D eigenvalue weighted by molar-refractivity contribution is 6.30. The topological polar surface area (TPSA) is 70.0 Å². The number of aromatic nitrogens is 2. The molecule has 2 rings (SSSR count). The Balaban J connectivity index is 2.52. The van der Waals surface area contributed by atoms with Gasteiger partial charge >= 0.3 is 5.69 Å². The SMILES string of the molecule is CCn1ccc(=O)n(Cc2cc(Cl)ccc2N)c1=O. The molecule has 6 heteroatoms. The van der Waals surface area contributed by atoms with E-state index < -0.39 is 0 Å². The normalized spacial score (nSPS) is 10.6. The number of hydrogen-bond acceptors (Lipinski definition) is 3. The molecule has 0 saturated carbocycles. The molecule has 1 aromatic heterocycles. The Bertz CT molecular complexity index is 719. The number of hydrogen-bond donors (Lipinski definition) is 1. The van der Waals surface area contributed by atoms with Crippen LogP contribution < -0.4 is 17.0 Å². The first kappa shape index (κ1) is 13.4. The summed E-state index contributed by atoms with van der Waals surface area (Å²) in [5, 5.41) is 0.518. The number of nitrogen functional groups attached to an aromatic ring is 1. The Hall–Kier alpha value is -2.01. The molecule has 1 heterocycles. The van der Waals surface area contributed by atoms with Crippen LogP contribution in [-0.2, 0) is 13.1 Å². The lowest BCUT2D eigenvalue weighted by atomic mass is 10.2. The summed E-state index contributed by atoms with van der Waals surface area (Å²) in [7, 11) is 0. The molecule has 0 atom stereocenters. The van der Waals surface area contributed by atoms with Crippen molar-refractivity contribution in [2.45, 2.75) is 20.0 Å². The summed E-state index contributed by atoms with van der Waals surface area (Å²) < 4.78 is 2.60. The van der Waals surface area contributed by atoms with Gasteiger partial charge in [-0.15, -0.1) is 0 Å². The number of nitrogens with zero attached hydrogens (tertiary/aromatic N) is 2.